The Labute approximate surface area is 117 Å². The Hall–Kier alpha value is -1.36. The number of aryl methyl sites for hydroxylation is 2. The second-order valence-corrected chi connectivity index (χ2v) is 6.41. The average Bonchev–Trinajstić information content (AvgIpc) is 3.00. The van der Waals surface area contributed by atoms with Crippen LogP contribution in [-0.2, 0) is 0 Å². The molecule has 2 heterocycles. The maximum Gasteiger partial charge on any atom is 0.175 e. The highest BCUT2D eigenvalue weighted by molar-refractivity contribution is 7.99. The van der Waals surface area contributed by atoms with Crippen LogP contribution in [0.1, 0.15) is 37.1 Å². The van der Waals surface area contributed by atoms with Crippen molar-refractivity contribution in [3.8, 4) is 5.82 Å². The van der Waals surface area contributed by atoms with Crippen LogP contribution in [0.25, 0.3) is 5.82 Å². The van der Waals surface area contributed by atoms with E-state index in [1.165, 1.54) is 25.7 Å². The smallest absolute Gasteiger partial charge is 0.175 e. The van der Waals surface area contributed by atoms with Crippen molar-refractivity contribution in [2.24, 2.45) is 0 Å². The van der Waals surface area contributed by atoms with Crippen molar-refractivity contribution in [2.45, 2.75) is 49.8 Å². The van der Waals surface area contributed by atoms with Gasteiger partial charge >= 0.3 is 0 Å². The van der Waals surface area contributed by atoms with Crippen molar-refractivity contribution in [3.05, 3.63) is 29.6 Å². The first-order valence-corrected chi connectivity index (χ1v) is 7.64. The van der Waals surface area contributed by atoms with Gasteiger partial charge in [0.15, 0.2) is 5.82 Å². The lowest BCUT2D eigenvalue weighted by molar-refractivity contribution is 0.764. The van der Waals surface area contributed by atoms with Crippen LogP contribution in [0.4, 0.5) is 0 Å². The average molecular weight is 274 g/mol. The molecule has 4 nitrogen and oxygen atoms in total. The normalized spacial score (nSPS) is 16.1. The third kappa shape index (κ3) is 2.81. The van der Waals surface area contributed by atoms with Gasteiger partial charge in [-0.05, 0) is 44.9 Å². The lowest BCUT2D eigenvalue weighted by Crippen LogP contribution is -2.04. The maximum absolute atomic E-state index is 4.42. The van der Waals surface area contributed by atoms with Crippen LogP contribution < -0.4 is 0 Å². The fourth-order valence-electron chi connectivity index (χ4n) is 2.53. The van der Waals surface area contributed by atoms with E-state index in [-0.39, 0.29) is 0 Å². The van der Waals surface area contributed by atoms with Crippen molar-refractivity contribution in [1.29, 1.82) is 0 Å². The first-order valence-electron chi connectivity index (χ1n) is 6.76. The highest BCUT2D eigenvalue weighted by Gasteiger charge is 2.17. The van der Waals surface area contributed by atoms with Crippen molar-refractivity contribution in [1.82, 2.24) is 20.0 Å². The monoisotopic (exact) mass is 274 g/mol. The Kier molecular flexibility index (Phi) is 3.55. The van der Waals surface area contributed by atoms with Crippen LogP contribution >= 0.6 is 11.8 Å². The predicted molar refractivity (Wildman–Crippen MR) is 76.7 cm³/mol. The molecule has 0 bridgehead atoms. The second kappa shape index (κ2) is 5.33. The molecule has 5 heteroatoms. The van der Waals surface area contributed by atoms with Crippen LogP contribution in [0.5, 0.6) is 0 Å². The van der Waals surface area contributed by atoms with E-state index in [1.54, 1.807) is 0 Å². The van der Waals surface area contributed by atoms with E-state index < -0.39 is 0 Å². The molecule has 0 spiro atoms. The number of nitrogens with zero attached hydrogens (tertiary/aromatic N) is 4. The Morgan fingerprint density at radius 2 is 1.95 bits per heavy atom. The summed E-state index contributed by atoms with van der Waals surface area (Å²) in [5.74, 6) is 0.793. The Balaban J connectivity index is 1.76. The molecule has 2 aromatic heterocycles. The summed E-state index contributed by atoms with van der Waals surface area (Å²) >= 11 is 1.86. The second-order valence-electron chi connectivity index (χ2n) is 5.09. The molecule has 1 saturated carbocycles. The first kappa shape index (κ1) is 12.7. The van der Waals surface area contributed by atoms with Gasteiger partial charge in [0.1, 0.15) is 5.03 Å². The quantitative estimate of drug-likeness (QED) is 0.861. The third-order valence-corrected chi connectivity index (χ3v) is 4.71. The summed E-state index contributed by atoms with van der Waals surface area (Å²) in [6.07, 6.45) is 5.33. The minimum absolute atomic E-state index is 0.730. The minimum atomic E-state index is 0.730. The van der Waals surface area contributed by atoms with E-state index in [0.29, 0.717) is 0 Å². The summed E-state index contributed by atoms with van der Waals surface area (Å²) in [6.45, 7) is 4.02. The maximum atomic E-state index is 4.42. The summed E-state index contributed by atoms with van der Waals surface area (Å²) in [7, 11) is 0. The van der Waals surface area contributed by atoms with Gasteiger partial charge in [-0.2, -0.15) is 5.10 Å². The Morgan fingerprint density at radius 3 is 2.53 bits per heavy atom. The van der Waals surface area contributed by atoms with Crippen molar-refractivity contribution < 1.29 is 0 Å². The van der Waals surface area contributed by atoms with Gasteiger partial charge < -0.3 is 0 Å². The van der Waals surface area contributed by atoms with E-state index in [9.17, 15) is 0 Å². The molecule has 2 aromatic rings. The van der Waals surface area contributed by atoms with E-state index in [0.717, 1.165) is 27.5 Å². The summed E-state index contributed by atoms with van der Waals surface area (Å²) in [5, 5.41) is 14.8. The van der Waals surface area contributed by atoms with E-state index in [4.69, 9.17) is 0 Å². The van der Waals surface area contributed by atoms with Gasteiger partial charge in [0.25, 0.3) is 0 Å². The summed E-state index contributed by atoms with van der Waals surface area (Å²) in [4.78, 5) is 0. The molecule has 0 N–H and O–H groups in total. The standard InChI is InChI=1S/C14H18N4S/c1-10-9-11(2)18(17-10)13-7-8-14(16-15-13)19-12-5-3-4-6-12/h7-9,12H,3-6H2,1-2H3. The predicted octanol–water partition coefficient (Wildman–Crippen LogP) is 3.31. The van der Waals surface area contributed by atoms with Crippen LogP contribution in [0, 0.1) is 13.8 Å². The molecule has 1 aliphatic carbocycles. The van der Waals surface area contributed by atoms with Crippen LogP contribution in [0.15, 0.2) is 23.2 Å². The molecule has 0 unspecified atom stereocenters. The highest BCUT2D eigenvalue weighted by atomic mass is 32.2. The zero-order valence-corrected chi connectivity index (χ0v) is 12.2. The topological polar surface area (TPSA) is 43.6 Å². The zero-order valence-electron chi connectivity index (χ0n) is 11.3. The van der Waals surface area contributed by atoms with Crippen LogP contribution in [-0.4, -0.2) is 25.2 Å². The first-order chi connectivity index (χ1) is 9.22. The largest absolute Gasteiger partial charge is 0.218 e. The van der Waals surface area contributed by atoms with Gasteiger partial charge in [-0.25, -0.2) is 4.68 Å². The molecule has 3 rings (SSSR count). The zero-order chi connectivity index (χ0) is 13.2. The van der Waals surface area contributed by atoms with E-state index in [1.807, 2.05) is 42.4 Å². The molecule has 0 saturated heterocycles. The number of hydrogen-bond acceptors (Lipinski definition) is 4. The summed E-state index contributed by atoms with van der Waals surface area (Å²) < 4.78 is 1.84. The Bertz CT molecular complexity index is 555. The summed E-state index contributed by atoms with van der Waals surface area (Å²) in [6, 6.07) is 6.11. The van der Waals surface area contributed by atoms with Gasteiger partial charge in [0.05, 0.1) is 5.69 Å². The molecule has 0 radical (unpaired) electrons. The molecule has 1 aliphatic rings. The molecule has 1 fully saturated rings. The number of thioether (sulfide) groups is 1. The molecule has 0 aliphatic heterocycles. The molecule has 100 valence electrons. The third-order valence-electron chi connectivity index (χ3n) is 3.44. The fourth-order valence-corrected chi connectivity index (χ4v) is 3.67. The molecular weight excluding hydrogens is 256 g/mol. The van der Waals surface area contributed by atoms with Crippen LogP contribution in [0.3, 0.4) is 0 Å². The number of hydrogen-bond donors (Lipinski definition) is 0. The van der Waals surface area contributed by atoms with Gasteiger partial charge in [-0.1, -0.05) is 12.8 Å². The van der Waals surface area contributed by atoms with E-state index >= 15 is 0 Å². The van der Waals surface area contributed by atoms with Gasteiger partial charge in [-0.15, -0.1) is 22.0 Å². The van der Waals surface area contributed by atoms with Gasteiger partial charge in [0.2, 0.25) is 0 Å². The van der Waals surface area contributed by atoms with Gasteiger partial charge in [0, 0.05) is 10.9 Å². The lowest BCUT2D eigenvalue weighted by atomic mass is 10.4. The fraction of sp³-hybridized carbons (Fsp3) is 0.500. The lowest BCUT2D eigenvalue weighted by Gasteiger charge is -2.07. The Morgan fingerprint density at radius 1 is 1.16 bits per heavy atom. The van der Waals surface area contributed by atoms with E-state index in [2.05, 4.69) is 21.4 Å². The molecule has 0 atom stereocenters. The molecule has 0 amide bonds. The van der Waals surface area contributed by atoms with Gasteiger partial charge in [-0.3, -0.25) is 0 Å². The summed E-state index contributed by atoms with van der Waals surface area (Å²) in [5.41, 5.74) is 2.09. The van der Waals surface area contributed by atoms with Crippen LogP contribution in [0.2, 0.25) is 0 Å². The molecular formula is C14H18N4S. The number of aromatic nitrogens is 4. The van der Waals surface area contributed by atoms with Crippen molar-refractivity contribution in [2.75, 3.05) is 0 Å². The number of rotatable bonds is 3. The molecule has 0 aromatic carbocycles. The minimum Gasteiger partial charge on any atom is -0.218 e. The van der Waals surface area contributed by atoms with Crippen molar-refractivity contribution >= 4 is 11.8 Å². The van der Waals surface area contributed by atoms with Crippen molar-refractivity contribution in [3.63, 3.8) is 0 Å². The SMILES string of the molecule is Cc1cc(C)n(-c2ccc(SC3CCCC3)nn2)n1. The molecule has 19 heavy (non-hydrogen) atoms. The highest BCUT2D eigenvalue weighted by Crippen LogP contribution is 2.33.